The van der Waals surface area contributed by atoms with Crippen molar-refractivity contribution in [3.63, 3.8) is 0 Å². The summed E-state index contributed by atoms with van der Waals surface area (Å²) in [5, 5.41) is 9.73. The predicted octanol–water partition coefficient (Wildman–Crippen LogP) is 0.429. The molecule has 6 nitrogen and oxygen atoms in total. The predicted molar refractivity (Wildman–Crippen MR) is 69.8 cm³/mol. The SMILES string of the molecule is CC(NC(=O)CSC1CCS(=O)(=O)C1)(C(=O)O)C(F)(F)F. The maximum Gasteiger partial charge on any atom is 0.422 e. The zero-order valence-electron chi connectivity index (χ0n) is 10.9. The molecule has 0 radical (unpaired) electrons. The summed E-state index contributed by atoms with van der Waals surface area (Å²) in [6, 6.07) is 0. The van der Waals surface area contributed by atoms with Crippen LogP contribution < -0.4 is 5.32 Å². The van der Waals surface area contributed by atoms with E-state index in [1.807, 2.05) is 0 Å². The van der Waals surface area contributed by atoms with Crippen LogP contribution in [0, 0.1) is 0 Å². The van der Waals surface area contributed by atoms with E-state index in [0.29, 0.717) is 13.3 Å². The van der Waals surface area contributed by atoms with E-state index in [9.17, 15) is 31.2 Å². The number of amides is 1. The molecule has 1 heterocycles. The standard InChI is InChI=1S/C10H14F3NO5S2/c1-9(8(16)17,10(11,12)13)14-7(15)4-20-6-2-3-21(18,19)5-6/h6H,2-5H2,1H3,(H,14,15)(H,16,17). The van der Waals surface area contributed by atoms with Gasteiger partial charge in [-0.1, -0.05) is 0 Å². The van der Waals surface area contributed by atoms with E-state index >= 15 is 0 Å². The Bertz CT molecular complexity index is 533. The van der Waals surface area contributed by atoms with Crippen molar-refractivity contribution >= 4 is 33.5 Å². The quantitative estimate of drug-likeness (QED) is 0.746. The molecule has 1 saturated heterocycles. The fraction of sp³-hybridized carbons (Fsp3) is 0.800. The Morgan fingerprint density at radius 2 is 1.95 bits per heavy atom. The number of aliphatic carboxylic acids is 1. The Morgan fingerprint density at radius 3 is 2.33 bits per heavy atom. The molecule has 1 aliphatic heterocycles. The second-order valence-electron chi connectivity index (χ2n) is 4.81. The van der Waals surface area contributed by atoms with E-state index in [0.717, 1.165) is 11.8 Å². The molecule has 2 atom stereocenters. The van der Waals surface area contributed by atoms with E-state index in [1.165, 1.54) is 5.32 Å². The summed E-state index contributed by atoms with van der Waals surface area (Å²) in [6.07, 6.45) is -4.81. The summed E-state index contributed by atoms with van der Waals surface area (Å²) < 4.78 is 60.4. The Labute approximate surface area is 123 Å². The van der Waals surface area contributed by atoms with Crippen molar-refractivity contribution in [2.24, 2.45) is 0 Å². The van der Waals surface area contributed by atoms with Crippen LogP contribution in [0.5, 0.6) is 0 Å². The van der Waals surface area contributed by atoms with Crippen molar-refractivity contribution in [1.82, 2.24) is 5.32 Å². The summed E-state index contributed by atoms with van der Waals surface area (Å²) in [6.45, 7) is 0.359. The van der Waals surface area contributed by atoms with Gasteiger partial charge in [0.25, 0.3) is 0 Å². The Hall–Kier alpha value is -0.970. The van der Waals surface area contributed by atoms with E-state index in [4.69, 9.17) is 5.11 Å². The number of carbonyl (C=O) groups is 2. The molecule has 0 spiro atoms. The molecule has 11 heteroatoms. The van der Waals surface area contributed by atoms with Gasteiger partial charge in [-0.3, -0.25) is 4.79 Å². The van der Waals surface area contributed by atoms with E-state index in [1.54, 1.807) is 0 Å². The maximum absolute atomic E-state index is 12.7. The molecule has 0 aliphatic carbocycles. The lowest BCUT2D eigenvalue weighted by atomic mass is 10.0. The Balaban J connectivity index is 2.59. The first-order chi connectivity index (χ1) is 9.37. The van der Waals surface area contributed by atoms with Crippen LogP contribution in [-0.2, 0) is 19.4 Å². The number of sulfone groups is 1. The van der Waals surface area contributed by atoms with Crippen LogP contribution in [0.15, 0.2) is 0 Å². The molecule has 1 rings (SSSR count). The average Bonchev–Trinajstić information content (AvgIpc) is 2.64. The lowest BCUT2D eigenvalue weighted by Crippen LogP contribution is -2.62. The van der Waals surface area contributed by atoms with Crippen molar-refractivity contribution < 1.29 is 36.3 Å². The highest BCUT2D eigenvalue weighted by Gasteiger charge is 2.58. The zero-order chi connectivity index (χ0) is 16.5. The molecule has 0 aromatic rings. The third-order valence-electron chi connectivity index (χ3n) is 3.02. The van der Waals surface area contributed by atoms with Crippen LogP contribution in [0.4, 0.5) is 13.2 Å². The van der Waals surface area contributed by atoms with Crippen LogP contribution in [0.2, 0.25) is 0 Å². The second kappa shape index (κ2) is 6.03. The molecule has 0 aromatic carbocycles. The number of alkyl halides is 3. The van der Waals surface area contributed by atoms with Gasteiger partial charge in [-0.25, -0.2) is 13.2 Å². The summed E-state index contributed by atoms with van der Waals surface area (Å²) in [4.78, 5) is 22.2. The van der Waals surface area contributed by atoms with Gasteiger partial charge in [0.1, 0.15) is 0 Å². The fourth-order valence-electron chi connectivity index (χ4n) is 1.65. The first-order valence-corrected chi connectivity index (χ1v) is 8.67. The van der Waals surface area contributed by atoms with Crippen molar-refractivity contribution in [2.75, 3.05) is 17.3 Å². The van der Waals surface area contributed by atoms with Crippen molar-refractivity contribution in [2.45, 2.75) is 30.3 Å². The lowest BCUT2D eigenvalue weighted by molar-refractivity contribution is -0.206. The summed E-state index contributed by atoms with van der Waals surface area (Å²) in [5.41, 5.74) is -3.37. The number of hydrogen-bond acceptors (Lipinski definition) is 5. The molecule has 2 N–H and O–H groups in total. The minimum Gasteiger partial charge on any atom is -0.479 e. The Morgan fingerprint density at radius 1 is 1.38 bits per heavy atom. The number of nitrogens with one attached hydrogen (secondary N) is 1. The molecular weight excluding hydrogens is 335 g/mol. The Kier molecular flexibility index (Phi) is 5.19. The molecule has 21 heavy (non-hydrogen) atoms. The number of carboxylic acids is 1. The van der Waals surface area contributed by atoms with Crippen LogP contribution in [0.1, 0.15) is 13.3 Å². The van der Waals surface area contributed by atoms with Gasteiger partial charge in [-0.2, -0.15) is 13.2 Å². The summed E-state index contributed by atoms with van der Waals surface area (Å²) in [7, 11) is -3.14. The lowest BCUT2D eigenvalue weighted by Gasteiger charge is -2.28. The third-order valence-corrected chi connectivity index (χ3v) is 6.31. The first kappa shape index (κ1) is 18.1. The summed E-state index contributed by atoms with van der Waals surface area (Å²) in [5.74, 6) is -3.88. The van der Waals surface area contributed by atoms with Crippen molar-refractivity contribution in [3.8, 4) is 0 Å². The molecule has 1 amide bonds. The van der Waals surface area contributed by atoms with Gasteiger partial charge >= 0.3 is 12.1 Å². The van der Waals surface area contributed by atoms with Crippen LogP contribution in [0.25, 0.3) is 0 Å². The van der Waals surface area contributed by atoms with Crippen LogP contribution in [0.3, 0.4) is 0 Å². The molecule has 0 saturated carbocycles. The monoisotopic (exact) mass is 349 g/mol. The number of thioether (sulfide) groups is 1. The topological polar surface area (TPSA) is 101 Å². The molecular formula is C10H14F3NO5S2. The number of carboxylic acid groups (broad SMARTS) is 1. The highest BCUT2D eigenvalue weighted by molar-refractivity contribution is 8.02. The van der Waals surface area contributed by atoms with Gasteiger partial charge in [0.15, 0.2) is 9.84 Å². The normalized spacial score (nSPS) is 24.3. The number of halogens is 3. The highest BCUT2D eigenvalue weighted by atomic mass is 32.2. The maximum atomic E-state index is 12.7. The van der Waals surface area contributed by atoms with Gasteiger partial charge in [0, 0.05) is 5.25 Å². The molecule has 2 unspecified atom stereocenters. The van der Waals surface area contributed by atoms with E-state index < -0.39 is 39.2 Å². The van der Waals surface area contributed by atoms with Crippen molar-refractivity contribution in [1.29, 1.82) is 0 Å². The third kappa shape index (κ3) is 4.50. The van der Waals surface area contributed by atoms with E-state index in [2.05, 4.69) is 0 Å². The van der Waals surface area contributed by atoms with Gasteiger partial charge in [-0.05, 0) is 13.3 Å². The molecule has 0 bridgehead atoms. The molecule has 1 aliphatic rings. The molecule has 122 valence electrons. The highest BCUT2D eigenvalue weighted by Crippen LogP contribution is 2.31. The largest absolute Gasteiger partial charge is 0.479 e. The summed E-state index contributed by atoms with van der Waals surface area (Å²) >= 11 is 0.906. The number of hydrogen-bond donors (Lipinski definition) is 2. The van der Waals surface area contributed by atoms with E-state index in [-0.39, 0.29) is 16.8 Å². The number of rotatable bonds is 5. The average molecular weight is 349 g/mol. The molecule has 0 aromatic heterocycles. The fourth-order valence-corrected chi connectivity index (χ4v) is 5.09. The van der Waals surface area contributed by atoms with Crippen LogP contribution >= 0.6 is 11.8 Å². The first-order valence-electron chi connectivity index (χ1n) is 5.80. The minimum atomic E-state index is -5.14. The zero-order valence-corrected chi connectivity index (χ0v) is 12.6. The molecule has 1 fully saturated rings. The minimum absolute atomic E-state index is 0.0122. The second-order valence-corrected chi connectivity index (χ2v) is 8.33. The van der Waals surface area contributed by atoms with Gasteiger partial charge in [-0.15, -0.1) is 11.8 Å². The van der Waals surface area contributed by atoms with Gasteiger partial charge in [0.05, 0.1) is 17.3 Å². The van der Waals surface area contributed by atoms with Gasteiger partial charge in [0.2, 0.25) is 11.4 Å². The van der Waals surface area contributed by atoms with Crippen molar-refractivity contribution in [3.05, 3.63) is 0 Å². The van der Waals surface area contributed by atoms with Gasteiger partial charge < -0.3 is 10.4 Å². The van der Waals surface area contributed by atoms with Crippen LogP contribution in [-0.4, -0.2) is 59.6 Å². The number of carbonyl (C=O) groups excluding carboxylic acids is 1. The smallest absolute Gasteiger partial charge is 0.422 e.